The number of aryl methyl sites for hydroxylation is 1. The van der Waals surface area contributed by atoms with Crippen molar-refractivity contribution in [2.45, 2.75) is 32.1 Å². The van der Waals surface area contributed by atoms with Crippen LogP contribution in [0.3, 0.4) is 0 Å². The molecule has 0 bridgehead atoms. The molecule has 2 aliphatic heterocycles. The number of hydrogen-bond donors (Lipinski definition) is 2. The van der Waals surface area contributed by atoms with E-state index in [1.54, 1.807) is 15.9 Å². The van der Waals surface area contributed by atoms with Crippen molar-refractivity contribution < 1.29 is 32.3 Å². The highest BCUT2D eigenvalue weighted by Gasteiger charge is 2.32. The van der Waals surface area contributed by atoms with Crippen LogP contribution in [0.25, 0.3) is 0 Å². The molecule has 0 aliphatic carbocycles. The van der Waals surface area contributed by atoms with Gasteiger partial charge in [0.1, 0.15) is 0 Å². The molecule has 2 N–H and O–H groups in total. The lowest BCUT2D eigenvalue weighted by Gasteiger charge is -2.36. The molecule has 214 valence electrons. The molecular weight excluding hydrogens is 527 g/mol. The van der Waals surface area contributed by atoms with Crippen LogP contribution in [0.1, 0.15) is 44.7 Å². The molecule has 2 aromatic carbocycles. The van der Waals surface area contributed by atoms with Gasteiger partial charge in [-0.25, -0.2) is 0 Å². The van der Waals surface area contributed by atoms with Crippen molar-refractivity contribution in [2.75, 3.05) is 45.8 Å². The van der Waals surface area contributed by atoms with Gasteiger partial charge in [0.25, 0.3) is 11.8 Å². The van der Waals surface area contributed by atoms with Crippen molar-refractivity contribution in [3.8, 4) is 0 Å². The predicted molar refractivity (Wildman–Crippen MR) is 140 cm³/mol. The summed E-state index contributed by atoms with van der Waals surface area (Å²) in [5.74, 6) is -1.45. The summed E-state index contributed by atoms with van der Waals surface area (Å²) in [5, 5.41) is 5.14. The first-order chi connectivity index (χ1) is 19.0. The second kappa shape index (κ2) is 12.5. The van der Waals surface area contributed by atoms with Gasteiger partial charge >= 0.3 is 6.18 Å². The van der Waals surface area contributed by atoms with Gasteiger partial charge in [-0.2, -0.15) is 13.2 Å². The van der Waals surface area contributed by atoms with Crippen molar-refractivity contribution >= 4 is 23.6 Å². The minimum absolute atomic E-state index is 0.0572. The van der Waals surface area contributed by atoms with Crippen LogP contribution in [0.15, 0.2) is 48.5 Å². The van der Waals surface area contributed by atoms with E-state index < -0.39 is 36.3 Å². The lowest BCUT2D eigenvalue weighted by Crippen LogP contribution is -2.54. The van der Waals surface area contributed by atoms with E-state index in [1.165, 1.54) is 6.07 Å². The molecule has 1 atom stereocenters. The number of nitrogens with one attached hydrogen (secondary N) is 2. The Morgan fingerprint density at radius 1 is 0.900 bits per heavy atom. The zero-order valence-electron chi connectivity index (χ0n) is 22.2. The molecule has 0 spiro atoms. The summed E-state index contributed by atoms with van der Waals surface area (Å²) in [7, 11) is 0. The number of nitrogens with zero attached hydrogens (tertiary/aromatic N) is 3. The monoisotopic (exact) mass is 559 g/mol. The number of carbonyl (C=O) groups excluding carboxylic acids is 4. The van der Waals surface area contributed by atoms with Crippen LogP contribution in [0, 0.1) is 6.92 Å². The number of hydrogen-bond acceptors (Lipinski definition) is 5. The molecule has 0 aromatic heterocycles. The van der Waals surface area contributed by atoms with Crippen LogP contribution < -0.4 is 10.6 Å². The Morgan fingerprint density at radius 3 is 2.27 bits per heavy atom. The lowest BCUT2D eigenvalue weighted by molar-refractivity contribution is -0.137. The molecule has 12 heteroatoms. The summed E-state index contributed by atoms with van der Waals surface area (Å²) in [5.41, 5.74) is 0.484. The fourth-order valence-electron chi connectivity index (χ4n) is 4.91. The molecule has 1 unspecified atom stereocenters. The summed E-state index contributed by atoms with van der Waals surface area (Å²) in [6.45, 7) is 3.94. The Kier molecular flexibility index (Phi) is 9.08. The van der Waals surface area contributed by atoms with E-state index in [4.69, 9.17) is 0 Å². The maximum absolute atomic E-state index is 13.0. The molecule has 2 aromatic rings. The van der Waals surface area contributed by atoms with Crippen LogP contribution in [0.2, 0.25) is 0 Å². The SMILES string of the molecule is Cc1cccc(C(=O)N2CCN(C(=O)CN3CCCC3NC(=O)CNC(=O)c3cccc(C(F)(F)F)c3)CC2)c1. The van der Waals surface area contributed by atoms with Crippen LogP contribution >= 0.6 is 0 Å². The maximum Gasteiger partial charge on any atom is 0.416 e. The fraction of sp³-hybridized carbons (Fsp3) is 0.429. The Bertz CT molecular complexity index is 1260. The average Bonchev–Trinajstić information content (AvgIpc) is 3.37. The molecule has 2 aliphatic rings. The number of carbonyl (C=O) groups is 4. The van der Waals surface area contributed by atoms with Gasteiger partial charge < -0.3 is 20.4 Å². The maximum atomic E-state index is 13.0. The highest BCUT2D eigenvalue weighted by atomic mass is 19.4. The third kappa shape index (κ3) is 7.38. The summed E-state index contributed by atoms with van der Waals surface area (Å²) in [6, 6.07) is 11.4. The first-order valence-corrected chi connectivity index (χ1v) is 13.1. The Balaban J connectivity index is 1.22. The van der Waals surface area contributed by atoms with Gasteiger partial charge in [-0.3, -0.25) is 24.1 Å². The van der Waals surface area contributed by atoms with E-state index in [0.717, 1.165) is 30.2 Å². The normalized spacial score (nSPS) is 17.9. The van der Waals surface area contributed by atoms with Gasteiger partial charge in [0.15, 0.2) is 0 Å². The van der Waals surface area contributed by atoms with Gasteiger partial charge in [0.2, 0.25) is 11.8 Å². The molecule has 4 rings (SSSR count). The summed E-state index contributed by atoms with van der Waals surface area (Å²) in [4.78, 5) is 55.8. The highest BCUT2D eigenvalue weighted by Crippen LogP contribution is 2.29. The standard InChI is InChI=1S/C28H32F3N5O4/c1-19-5-2-7-21(15-19)27(40)35-13-11-34(12-14-35)25(38)18-36-10-4-9-23(36)33-24(37)17-32-26(39)20-6-3-8-22(16-20)28(29,30)31/h2-3,5-8,15-16,23H,4,9-14,17-18H2,1H3,(H,32,39)(H,33,37). The van der Waals surface area contributed by atoms with E-state index in [9.17, 15) is 32.3 Å². The summed E-state index contributed by atoms with van der Waals surface area (Å²) < 4.78 is 38.7. The second-order valence-electron chi connectivity index (χ2n) is 10.00. The van der Waals surface area contributed by atoms with Crippen molar-refractivity contribution in [1.82, 2.24) is 25.3 Å². The van der Waals surface area contributed by atoms with Crippen LogP contribution in [0.4, 0.5) is 13.2 Å². The molecule has 9 nitrogen and oxygen atoms in total. The van der Waals surface area contributed by atoms with Gasteiger partial charge in [-0.05, 0) is 50.1 Å². The van der Waals surface area contributed by atoms with E-state index in [0.29, 0.717) is 44.7 Å². The molecule has 2 fully saturated rings. The third-order valence-corrected chi connectivity index (χ3v) is 7.08. The predicted octanol–water partition coefficient (Wildman–Crippen LogP) is 2.27. The largest absolute Gasteiger partial charge is 0.416 e. The fourth-order valence-corrected chi connectivity index (χ4v) is 4.91. The smallest absolute Gasteiger partial charge is 0.343 e. The average molecular weight is 560 g/mol. The summed E-state index contributed by atoms with van der Waals surface area (Å²) >= 11 is 0. The highest BCUT2D eigenvalue weighted by molar-refractivity contribution is 5.96. The molecular formula is C28H32F3N5O4. The van der Waals surface area contributed by atoms with Gasteiger partial charge in [-0.1, -0.05) is 23.8 Å². The van der Waals surface area contributed by atoms with Gasteiger partial charge in [0, 0.05) is 43.9 Å². The van der Waals surface area contributed by atoms with Crippen LogP contribution in [-0.4, -0.2) is 90.3 Å². The number of benzene rings is 2. The topological polar surface area (TPSA) is 102 Å². The minimum atomic E-state index is -4.58. The van der Waals surface area contributed by atoms with Gasteiger partial charge in [-0.15, -0.1) is 0 Å². The third-order valence-electron chi connectivity index (χ3n) is 7.08. The number of alkyl halides is 3. The van der Waals surface area contributed by atoms with Crippen molar-refractivity contribution in [3.05, 3.63) is 70.8 Å². The lowest BCUT2D eigenvalue weighted by atomic mass is 10.1. The number of halogens is 3. The summed E-state index contributed by atoms with van der Waals surface area (Å²) in [6.07, 6.45) is -3.58. The van der Waals surface area contributed by atoms with Crippen molar-refractivity contribution in [3.63, 3.8) is 0 Å². The van der Waals surface area contributed by atoms with Gasteiger partial charge in [0.05, 0.1) is 24.8 Å². The molecule has 40 heavy (non-hydrogen) atoms. The van der Waals surface area contributed by atoms with Crippen LogP contribution in [0.5, 0.6) is 0 Å². The Hall–Kier alpha value is -3.93. The number of likely N-dealkylation sites (tertiary alicyclic amines) is 1. The Morgan fingerprint density at radius 2 is 1.57 bits per heavy atom. The van der Waals surface area contributed by atoms with E-state index in [-0.39, 0.29) is 23.9 Å². The first-order valence-electron chi connectivity index (χ1n) is 13.1. The quantitative estimate of drug-likeness (QED) is 0.542. The van der Waals surface area contributed by atoms with E-state index >= 15 is 0 Å². The molecule has 2 saturated heterocycles. The number of amides is 4. The number of rotatable bonds is 7. The van der Waals surface area contributed by atoms with Crippen molar-refractivity contribution in [1.29, 1.82) is 0 Å². The minimum Gasteiger partial charge on any atom is -0.343 e. The zero-order chi connectivity index (χ0) is 28.9. The molecule has 2 heterocycles. The second-order valence-corrected chi connectivity index (χ2v) is 10.00. The van der Waals surface area contributed by atoms with E-state index in [2.05, 4.69) is 10.6 Å². The molecule has 0 saturated carbocycles. The van der Waals surface area contributed by atoms with E-state index in [1.807, 2.05) is 30.0 Å². The van der Waals surface area contributed by atoms with Crippen LogP contribution in [-0.2, 0) is 15.8 Å². The molecule has 0 radical (unpaired) electrons. The first kappa shape index (κ1) is 29.1. The Labute approximate surface area is 230 Å². The zero-order valence-corrected chi connectivity index (χ0v) is 22.2. The van der Waals surface area contributed by atoms with Crippen molar-refractivity contribution in [2.24, 2.45) is 0 Å². The molecule has 4 amide bonds. The number of piperazine rings is 1.